The van der Waals surface area contributed by atoms with Crippen molar-refractivity contribution < 1.29 is 9.59 Å². The second kappa shape index (κ2) is 4.17. The largest absolute Gasteiger partial charge is 0.318 e. The monoisotopic (exact) mass is 229 g/mol. The number of nitrogens with zero attached hydrogens (tertiary/aromatic N) is 1. The van der Waals surface area contributed by atoms with E-state index >= 15 is 0 Å². The Morgan fingerprint density at radius 3 is 2.53 bits per heavy atom. The van der Waals surface area contributed by atoms with E-state index in [-0.39, 0.29) is 11.7 Å². The number of Topliss-reactive ketones (excluding diaryl/α,β-unsaturated/α-hetero) is 1. The number of benzene rings is 1. The van der Waals surface area contributed by atoms with E-state index in [2.05, 4.69) is 6.58 Å². The third-order valence-electron chi connectivity index (χ3n) is 3.44. The third-order valence-corrected chi connectivity index (χ3v) is 3.44. The molecule has 1 atom stereocenters. The maximum Gasteiger partial charge on any atom is 0.244 e. The normalized spacial score (nSPS) is 23.8. The summed E-state index contributed by atoms with van der Waals surface area (Å²) in [7, 11) is 0. The number of hydrogen-bond acceptors (Lipinski definition) is 2. The topological polar surface area (TPSA) is 37.4 Å². The van der Waals surface area contributed by atoms with Gasteiger partial charge in [0, 0.05) is 6.54 Å². The van der Waals surface area contributed by atoms with E-state index in [9.17, 15) is 9.59 Å². The number of rotatable bonds is 3. The molecule has 0 aliphatic carbocycles. The Labute approximate surface area is 101 Å². The Morgan fingerprint density at radius 2 is 2.06 bits per heavy atom. The van der Waals surface area contributed by atoms with Crippen molar-refractivity contribution in [2.75, 3.05) is 6.54 Å². The molecule has 0 saturated carbocycles. The standard InChI is InChI=1S/C14H15NO2/c1-3-15-10-9-14(11(2)16,13(15)17)12-7-5-4-6-8-12/h3-8H,1,9-10H2,2H3. The van der Waals surface area contributed by atoms with Crippen molar-refractivity contribution in [3.63, 3.8) is 0 Å². The zero-order valence-electron chi connectivity index (χ0n) is 9.85. The van der Waals surface area contributed by atoms with Crippen LogP contribution >= 0.6 is 0 Å². The predicted molar refractivity (Wildman–Crippen MR) is 65.3 cm³/mol. The van der Waals surface area contributed by atoms with Crippen LogP contribution < -0.4 is 0 Å². The summed E-state index contributed by atoms with van der Waals surface area (Å²) in [6, 6.07) is 9.26. The Kier molecular flexibility index (Phi) is 2.84. The summed E-state index contributed by atoms with van der Waals surface area (Å²) < 4.78 is 0. The maximum atomic E-state index is 12.3. The first-order chi connectivity index (χ1) is 8.13. The van der Waals surface area contributed by atoms with Crippen LogP contribution in [0.5, 0.6) is 0 Å². The first-order valence-electron chi connectivity index (χ1n) is 5.63. The van der Waals surface area contributed by atoms with Crippen molar-refractivity contribution in [2.45, 2.75) is 18.8 Å². The van der Waals surface area contributed by atoms with E-state index in [4.69, 9.17) is 0 Å². The first kappa shape index (κ1) is 11.6. The molecule has 0 spiro atoms. The lowest BCUT2D eigenvalue weighted by Gasteiger charge is -2.24. The molecule has 88 valence electrons. The van der Waals surface area contributed by atoms with Crippen LogP contribution in [-0.4, -0.2) is 23.1 Å². The lowest BCUT2D eigenvalue weighted by atomic mass is 9.76. The summed E-state index contributed by atoms with van der Waals surface area (Å²) >= 11 is 0. The van der Waals surface area contributed by atoms with Gasteiger partial charge in [-0.25, -0.2) is 0 Å². The quantitative estimate of drug-likeness (QED) is 0.742. The maximum absolute atomic E-state index is 12.3. The zero-order chi connectivity index (χ0) is 12.5. The molecule has 0 aromatic heterocycles. The van der Waals surface area contributed by atoms with Crippen LogP contribution in [0.25, 0.3) is 0 Å². The highest BCUT2D eigenvalue weighted by atomic mass is 16.2. The second-order valence-electron chi connectivity index (χ2n) is 4.26. The van der Waals surface area contributed by atoms with Gasteiger partial charge in [-0.2, -0.15) is 0 Å². The van der Waals surface area contributed by atoms with E-state index in [1.165, 1.54) is 18.0 Å². The minimum atomic E-state index is -1.00. The Bertz CT molecular complexity index is 466. The van der Waals surface area contributed by atoms with Crippen molar-refractivity contribution in [1.29, 1.82) is 0 Å². The van der Waals surface area contributed by atoms with Gasteiger partial charge in [-0.15, -0.1) is 0 Å². The predicted octanol–water partition coefficient (Wildman–Crippen LogP) is 1.89. The van der Waals surface area contributed by atoms with Gasteiger partial charge >= 0.3 is 0 Å². The van der Waals surface area contributed by atoms with Gasteiger partial charge in [-0.05, 0) is 25.1 Å². The summed E-state index contributed by atoms with van der Waals surface area (Å²) in [5.41, 5.74) is -0.225. The summed E-state index contributed by atoms with van der Waals surface area (Å²) in [6.45, 7) is 5.64. The minimum absolute atomic E-state index is 0.0990. The van der Waals surface area contributed by atoms with Crippen molar-refractivity contribution in [1.82, 2.24) is 4.90 Å². The molecule has 3 heteroatoms. The average Bonchev–Trinajstić information content (AvgIpc) is 2.68. The number of amides is 1. The first-order valence-corrected chi connectivity index (χ1v) is 5.63. The van der Waals surface area contributed by atoms with Crippen molar-refractivity contribution in [3.05, 3.63) is 48.7 Å². The van der Waals surface area contributed by atoms with Crippen LogP contribution in [0.15, 0.2) is 43.1 Å². The van der Waals surface area contributed by atoms with Gasteiger partial charge in [-0.1, -0.05) is 36.9 Å². The highest BCUT2D eigenvalue weighted by Gasteiger charge is 2.50. The zero-order valence-corrected chi connectivity index (χ0v) is 9.85. The third kappa shape index (κ3) is 1.58. The molecule has 0 radical (unpaired) electrons. The van der Waals surface area contributed by atoms with E-state index in [0.29, 0.717) is 13.0 Å². The molecule has 1 aliphatic rings. The molecule has 1 unspecified atom stereocenters. The van der Waals surface area contributed by atoms with Gasteiger partial charge in [0.25, 0.3) is 0 Å². The molecule has 3 nitrogen and oxygen atoms in total. The molecule has 1 saturated heterocycles. The molecule has 2 rings (SSSR count). The summed E-state index contributed by atoms with van der Waals surface area (Å²) in [5, 5.41) is 0. The average molecular weight is 229 g/mol. The molecule has 1 aromatic carbocycles. The molecule has 1 amide bonds. The van der Waals surface area contributed by atoms with Crippen molar-refractivity contribution in [2.24, 2.45) is 0 Å². The number of carbonyl (C=O) groups excluding carboxylic acids is 2. The Balaban J connectivity index is 2.53. The lowest BCUT2D eigenvalue weighted by molar-refractivity contribution is -0.136. The molecule has 1 fully saturated rings. The minimum Gasteiger partial charge on any atom is -0.318 e. The highest BCUT2D eigenvalue weighted by molar-refractivity contribution is 6.12. The second-order valence-corrected chi connectivity index (χ2v) is 4.26. The van der Waals surface area contributed by atoms with Crippen LogP contribution in [0.4, 0.5) is 0 Å². The molecule has 17 heavy (non-hydrogen) atoms. The number of likely N-dealkylation sites (tertiary alicyclic amines) is 1. The van der Waals surface area contributed by atoms with Gasteiger partial charge in [0.05, 0.1) is 0 Å². The molecule has 1 aromatic rings. The van der Waals surface area contributed by atoms with E-state index < -0.39 is 5.41 Å². The Morgan fingerprint density at radius 1 is 1.41 bits per heavy atom. The van der Waals surface area contributed by atoms with Crippen LogP contribution in [0.1, 0.15) is 18.9 Å². The fraction of sp³-hybridized carbons (Fsp3) is 0.286. The van der Waals surface area contributed by atoms with Gasteiger partial charge in [0.15, 0.2) is 0 Å². The van der Waals surface area contributed by atoms with Crippen LogP contribution in [-0.2, 0) is 15.0 Å². The van der Waals surface area contributed by atoms with Crippen molar-refractivity contribution >= 4 is 11.7 Å². The van der Waals surface area contributed by atoms with E-state index in [0.717, 1.165) is 5.56 Å². The Hall–Kier alpha value is -1.90. The number of carbonyl (C=O) groups is 2. The molecule has 0 bridgehead atoms. The molecule has 1 heterocycles. The van der Waals surface area contributed by atoms with Crippen molar-refractivity contribution in [3.8, 4) is 0 Å². The lowest BCUT2D eigenvalue weighted by Crippen LogP contribution is -2.41. The van der Waals surface area contributed by atoms with E-state index in [1.54, 1.807) is 0 Å². The summed E-state index contributed by atoms with van der Waals surface area (Å²) in [5.74, 6) is -0.260. The molecular formula is C14H15NO2. The summed E-state index contributed by atoms with van der Waals surface area (Å²) in [4.78, 5) is 25.8. The van der Waals surface area contributed by atoms with Gasteiger partial charge < -0.3 is 4.90 Å². The smallest absolute Gasteiger partial charge is 0.244 e. The number of ketones is 1. The van der Waals surface area contributed by atoms with Gasteiger partial charge in [0.1, 0.15) is 11.2 Å². The fourth-order valence-electron chi connectivity index (χ4n) is 2.44. The van der Waals surface area contributed by atoms with Gasteiger partial charge in [0.2, 0.25) is 5.91 Å². The van der Waals surface area contributed by atoms with Crippen LogP contribution in [0, 0.1) is 0 Å². The van der Waals surface area contributed by atoms with Crippen LogP contribution in [0.2, 0.25) is 0 Å². The SMILES string of the molecule is C=CN1CCC(C(C)=O)(c2ccccc2)C1=O. The number of hydrogen-bond donors (Lipinski definition) is 0. The molecule has 1 aliphatic heterocycles. The van der Waals surface area contributed by atoms with Gasteiger partial charge in [-0.3, -0.25) is 9.59 Å². The fourth-order valence-corrected chi connectivity index (χ4v) is 2.44. The van der Waals surface area contributed by atoms with Crippen LogP contribution in [0.3, 0.4) is 0 Å². The summed E-state index contributed by atoms with van der Waals surface area (Å²) in [6.07, 6.45) is 2.02. The molecule has 0 N–H and O–H groups in total. The molecular weight excluding hydrogens is 214 g/mol. The highest BCUT2D eigenvalue weighted by Crippen LogP contribution is 2.36. The van der Waals surface area contributed by atoms with E-state index in [1.807, 2.05) is 30.3 Å².